The van der Waals surface area contributed by atoms with E-state index in [1.807, 2.05) is 0 Å². The molecule has 59 heavy (non-hydrogen) atoms. The van der Waals surface area contributed by atoms with Gasteiger partial charge >= 0.3 is 0 Å². The molecule has 302 valence electrons. The molecule has 0 amide bonds. The maximum Gasteiger partial charge on any atom is 0.257 e. The van der Waals surface area contributed by atoms with Crippen LogP contribution in [0, 0.1) is 20.8 Å². The van der Waals surface area contributed by atoms with E-state index >= 15 is 0 Å². The van der Waals surface area contributed by atoms with Crippen LogP contribution >= 0.6 is 0 Å². The van der Waals surface area contributed by atoms with Crippen LogP contribution in [0.4, 0.5) is 34.3 Å². The lowest BCUT2D eigenvalue weighted by molar-refractivity contribution is 0.331. The van der Waals surface area contributed by atoms with Crippen LogP contribution in [0.2, 0.25) is 0 Å². The summed E-state index contributed by atoms with van der Waals surface area (Å²) in [7, 11) is 0. The molecule has 6 aromatic rings. The number of anilines is 6. The van der Waals surface area contributed by atoms with E-state index in [1.54, 1.807) is 0 Å². The van der Waals surface area contributed by atoms with Crippen molar-refractivity contribution in [1.29, 1.82) is 0 Å². The minimum absolute atomic E-state index is 0.00514. The van der Waals surface area contributed by atoms with Gasteiger partial charge in [-0.1, -0.05) is 112 Å². The third-order valence-corrected chi connectivity index (χ3v) is 15.4. The standard InChI is InChI=1S/C55H63BN2O/c1-32-15-20-47-37(25-32)48-50(59-47)57(36-18-16-35(17-19-36)51(4,5)6)45-26-33(2)27-46-49(45)56(48)42-29-39-41(55(13,14)24-22-53(39,9)10)31-44(42)58(46)43-30-40-38(28-34(43)3)52(7,8)21-23-54(40,11)12/h15-20,25-31H,21-24H2,1-14H3. The van der Waals surface area contributed by atoms with E-state index in [2.05, 4.69) is 186 Å². The fourth-order valence-corrected chi connectivity index (χ4v) is 11.4. The van der Waals surface area contributed by atoms with Gasteiger partial charge in [0, 0.05) is 39.3 Å². The van der Waals surface area contributed by atoms with Crippen molar-refractivity contribution in [2.45, 2.75) is 150 Å². The second-order valence-electron chi connectivity index (χ2n) is 22.6. The minimum Gasteiger partial charge on any atom is -0.440 e. The van der Waals surface area contributed by atoms with E-state index in [9.17, 15) is 0 Å². The van der Waals surface area contributed by atoms with Crippen LogP contribution in [0.1, 0.15) is 146 Å². The van der Waals surface area contributed by atoms with Crippen molar-refractivity contribution >= 4 is 68.4 Å². The molecule has 4 heteroatoms. The summed E-state index contributed by atoms with van der Waals surface area (Å²) in [5.41, 5.74) is 22.8. The summed E-state index contributed by atoms with van der Waals surface area (Å²) in [5.74, 6) is 0.939. The van der Waals surface area contributed by atoms with Crippen molar-refractivity contribution in [3.63, 3.8) is 0 Å². The summed E-state index contributed by atoms with van der Waals surface area (Å²) in [6, 6.07) is 31.4. The number of aryl methyl sites for hydroxylation is 3. The Morgan fingerprint density at radius 2 is 1.05 bits per heavy atom. The molecule has 3 nitrogen and oxygen atoms in total. The highest BCUT2D eigenvalue weighted by atomic mass is 16.4. The average Bonchev–Trinajstić information content (AvgIpc) is 3.52. The molecule has 0 bridgehead atoms. The van der Waals surface area contributed by atoms with Gasteiger partial charge in [-0.25, -0.2) is 0 Å². The first-order valence-electron chi connectivity index (χ1n) is 22.3. The Hall–Kier alpha value is -4.70. The maximum atomic E-state index is 7.15. The first kappa shape index (κ1) is 38.5. The fraction of sp³-hybridized carbons (Fsp3) is 0.418. The van der Waals surface area contributed by atoms with E-state index in [1.165, 1.54) is 115 Å². The molecule has 2 aliphatic heterocycles. The van der Waals surface area contributed by atoms with E-state index in [0.717, 1.165) is 17.2 Å². The summed E-state index contributed by atoms with van der Waals surface area (Å²) in [5, 5.41) is 1.21. The molecule has 4 aliphatic rings. The zero-order valence-corrected chi connectivity index (χ0v) is 38.2. The Labute approximate surface area is 354 Å². The number of rotatable bonds is 2. The van der Waals surface area contributed by atoms with Crippen molar-refractivity contribution in [3.8, 4) is 0 Å². The summed E-state index contributed by atoms with van der Waals surface area (Å²) >= 11 is 0. The maximum absolute atomic E-state index is 7.15. The predicted molar refractivity (Wildman–Crippen MR) is 254 cm³/mol. The molecule has 5 aromatic carbocycles. The van der Waals surface area contributed by atoms with Crippen LogP contribution in [0.3, 0.4) is 0 Å². The van der Waals surface area contributed by atoms with Crippen molar-refractivity contribution < 1.29 is 4.42 Å². The van der Waals surface area contributed by atoms with Gasteiger partial charge in [-0.3, -0.25) is 4.90 Å². The summed E-state index contributed by atoms with van der Waals surface area (Å²) in [4.78, 5) is 5.14. The van der Waals surface area contributed by atoms with Crippen LogP contribution in [0.25, 0.3) is 11.0 Å². The van der Waals surface area contributed by atoms with Gasteiger partial charge in [-0.15, -0.1) is 0 Å². The molecule has 3 heterocycles. The lowest BCUT2D eigenvalue weighted by Gasteiger charge is -2.47. The highest BCUT2D eigenvalue weighted by molar-refractivity contribution is 7.01. The molecule has 10 rings (SSSR count). The summed E-state index contributed by atoms with van der Waals surface area (Å²) in [6.45, 7) is 33.4. The van der Waals surface area contributed by atoms with Gasteiger partial charge in [0.25, 0.3) is 6.71 Å². The lowest BCUT2D eigenvalue weighted by Crippen LogP contribution is -2.61. The second kappa shape index (κ2) is 12.2. The Morgan fingerprint density at radius 3 is 1.63 bits per heavy atom. The van der Waals surface area contributed by atoms with Crippen LogP contribution < -0.4 is 26.2 Å². The quantitative estimate of drug-likeness (QED) is 0.163. The van der Waals surface area contributed by atoms with E-state index in [-0.39, 0.29) is 33.8 Å². The molecule has 1 aromatic heterocycles. The van der Waals surface area contributed by atoms with Crippen LogP contribution in [-0.4, -0.2) is 6.71 Å². The number of nitrogens with zero attached hydrogens (tertiary/aromatic N) is 2. The van der Waals surface area contributed by atoms with Crippen LogP contribution in [0.5, 0.6) is 0 Å². The Bertz CT molecular complexity index is 2750. The average molecular weight is 779 g/mol. The van der Waals surface area contributed by atoms with Gasteiger partial charge in [0.05, 0.1) is 0 Å². The Balaban J connectivity index is 1.34. The zero-order chi connectivity index (χ0) is 41.9. The number of fused-ring (bicyclic) bond motifs is 8. The number of hydrogen-bond acceptors (Lipinski definition) is 3. The minimum atomic E-state index is -0.00514. The third-order valence-electron chi connectivity index (χ3n) is 15.4. The van der Waals surface area contributed by atoms with Crippen molar-refractivity contribution in [1.82, 2.24) is 0 Å². The monoisotopic (exact) mass is 779 g/mol. The molecule has 0 unspecified atom stereocenters. The zero-order valence-electron chi connectivity index (χ0n) is 38.2. The molecule has 0 saturated carbocycles. The molecular formula is C55H63BN2O. The molecule has 0 atom stereocenters. The molecule has 0 N–H and O–H groups in total. The van der Waals surface area contributed by atoms with E-state index in [0.29, 0.717) is 0 Å². The smallest absolute Gasteiger partial charge is 0.257 e. The molecule has 0 radical (unpaired) electrons. The molecule has 2 aliphatic carbocycles. The van der Waals surface area contributed by atoms with Gasteiger partial charge < -0.3 is 9.32 Å². The highest BCUT2D eigenvalue weighted by Gasteiger charge is 2.49. The van der Waals surface area contributed by atoms with Crippen LogP contribution in [0.15, 0.2) is 83.3 Å². The second-order valence-corrected chi connectivity index (χ2v) is 22.6. The molecule has 0 fully saturated rings. The summed E-state index contributed by atoms with van der Waals surface area (Å²) < 4.78 is 7.15. The molecule has 0 spiro atoms. The third kappa shape index (κ3) is 5.60. The van der Waals surface area contributed by atoms with E-state index in [4.69, 9.17) is 4.42 Å². The number of furan rings is 1. The SMILES string of the molecule is Cc1cc2c3c(c1)N(c1ccc(C(C)(C)C)cc1)c1oc4ccc(C)cc4c1B3c1cc3c(cc1N2c1cc2c(cc1C)C(C)(C)CCC2(C)C)C(C)(C)CCC3(C)C. The van der Waals surface area contributed by atoms with Crippen LogP contribution in [-0.2, 0) is 27.1 Å². The Morgan fingerprint density at radius 1 is 0.525 bits per heavy atom. The highest BCUT2D eigenvalue weighted by Crippen LogP contribution is 2.53. The largest absolute Gasteiger partial charge is 0.440 e. The predicted octanol–water partition coefficient (Wildman–Crippen LogP) is 13.4. The summed E-state index contributed by atoms with van der Waals surface area (Å²) in [6.07, 6.45) is 4.74. The Kier molecular flexibility index (Phi) is 7.97. The fourth-order valence-electron chi connectivity index (χ4n) is 11.4. The topological polar surface area (TPSA) is 19.6 Å². The molecule has 0 saturated heterocycles. The van der Waals surface area contributed by atoms with Crippen molar-refractivity contribution in [3.05, 3.63) is 123 Å². The van der Waals surface area contributed by atoms with Gasteiger partial charge in [0.2, 0.25) is 5.88 Å². The first-order chi connectivity index (χ1) is 27.6. The van der Waals surface area contributed by atoms with E-state index < -0.39 is 0 Å². The van der Waals surface area contributed by atoms with Crippen molar-refractivity contribution in [2.75, 3.05) is 9.80 Å². The first-order valence-corrected chi connectivity index (χ1v) is 22.3. The molecular weight excluding hydrogens is 715 g/mol. The van der Waals surface area contributed by atoms with Crippen molar-refractivity contribution in [2.24, 2.45) is 0 Å². The van der Waals surface area contributed by atoms with Gasteiger partial charge in [-0.05, 0) is 172 Å². The normalized spacial score (nSPS) is 19.2. The van der Waals surface area contributed by atoms with Gasteiger partial charge in [-0.2, -0.15) is 0 Å². The van der Waals surface area contributed by atoms with Gasteiger partial charge in [0.15, 0.2) is 0 Å². The lowest BCUT2D eigenvalue weighted by atomic mass is 9.33. The van der Waals surface area contributed by atoms with Gasteiger partial charge in [0.1, 0.15) is 5.58 Å². The number of benzene rings is 5. The number of hydrogen-bond donors (Lipinski definition) is 0.